The number of hydrogen-bond acceptors (Lipinski definition) is 3. The third-order valence-electron chi connectivity index (χ3n) is 10.5. The van der Waals surface area contributed by atoms with E-state index in [4.69, 9.17) is 23.7 Å². The molecular formula is C50H31N3. The Labute approximate surface area is 322 Å². The molecule has 0 amide bonds. The van der Waals surface area contributed by atoms with Gasteiger partial charge in [-0.1, -0.05) is 182 Å². The fraction of sp³-hybridized carbons (Fsp3) is 0.0200. The molecule has 1 heterocycles. The number of benzene rings is 8. The van der Waals surface area contributed by atoms with Crippen LogP contribution in [0.25, 0.3) is 78.3 Å². The van der Waals surface area contributed by atoms with Crippen LogP contribution in [0, 0.1) is 0 Å². The SMILES string of the molecule is [2H]c1c([2H])c([2H])c(-c2nc(-c3ccc4c(c3)C3(c5ccccc5-c5ccccc5-4)c4ccccc4-c4c3ccc3ccccc43)nc(-c3c([2H])c([2H])c([2H])c([2H])c3[2H])n2)c([2H])c1[2H]. The summed E-state index contributed by atoms with van der Waals surface area (Å²) in [7, 11) is 0. The fourth-order valence-corrected chi connectivity index (χ4v) is 8.45. The second-order valence-corrected chi connectivity index (χ2v) is 13.2. The fourth-order valence-electron chi connectivity index (χ4n) is 8.45. The Bertz CT molecular complexity index is 3350. The molecule has 2 aliphatic carbocycles. The molecule has 2 aliphatic rings. The van der Waals surface area contributed by atoms with Crippen molar-refractivity contribution in [2.24, 2.45) is 0 Å². The van der Waals surface area contributed by atoms with E-state index in [2.05, 4.69) is 96.0 Å². The van der Waals surface area contributed by atoms with Crippen molar-refractivity contribution in [3.8, 4) is 67.5 Å². The summed E-state index contributed by atoms with van der Waals surface area (Å²) in [6.07, 6.45) is 0. The van der Waals surface area contributed by atoms with E-state index in [9.17, 15) is 0 Å². The second kappa shape index (κ2) is 11.5. The molecule has 9 aromatic rings. The van der Waals surface area contributed by atoms with E-state index in [1.54, 1.807) is 0 Å². The molecule has 0 N–H and O–H groups in total. The van der Waals surface area contributed by atoms with E-state index in [-0.39, 0.29) is 28.6 Å². The Balaban J connectivity index is 1.28. The Morgan fingerprint density at radius 3 is 1.55 bits per heavy atom. The van der Waals surface area contributed by atoms with E-state index >= 15 is 0 Å². The lowest BCUT2D eigenvalue weighted by atomic mass is 9.65. The quantitative estimate of drug-likeness (QED) is 0.186. The molecule has 1 atom stereocenters. The molecule has 0 aliphatic heterocycles. The van der Waals surface area contributed by atoms with Crippen molar-refractivity contribution in [3.63, 3.8) is 0 Å². The van der Waals surface area contributed by atoms with Gasteiger partial charge in [0.15, 0.2) is 17.5 Å². The van der Waals surface area contributed by atoms with Gasteiger partial charge in [-0.25, -0.2) is 15.0 Å². The zero-order valence-corrected chi connectivity index (χ0v) is 28.0. The zero-order valence-electron chi connectivity index (χ0n) is 38.0. The van der Waals surface area contributed by atoms with Gasteiger partial charge in [0.25, 0.3) is 0 Å². The highest BCUT2D eigenvalue weighted by Crippen LogP contribution is 2.62. The molecule has 8 aromatic carbocycles. The van der Waals surface area contributed by atoms with E-state index in [0.29, 0.717) is 5.56 Å². The molecule has 1 spiro atoms. The highest BCUT2D eigenvalue weighted by atomic mass is 15.0. The molecule has 0 bridgehead atoms. The van der Waals surface area contributed by atoms with Crippen molar-refractivity contribution in [3.05, 3.63) is 210 Å². The van der Waals surface area contributed by atoms with Gasteiger partial charge in [0.1, 0.15) is 0 Å². The van der Waals surface area contributed by atoms with Crippen molar-refractivity contribution >= 4 is 10.8 Å². The van der Waals surface area contributed by atoms with Crippen molar-refractivity contribution in [1.29, 1.82) is 0 Å². The first-order valence-electron chi connectivity index (χ1n) is 22.3. The minimum Gasteiger partial charge on any atom is -0.208 e. The average Bonchev–Trinajstić information content (AvgIpc) is 3.57. The molecule has 246 valence electrons. The maximum Gasteiger partial charge on any atom is 0.164 e. The first kappa shape index (κ1) is 21.4. The minimum absolute atomic E-state index is 0.00223. The van der Waals surface area contributed by atoms with Crippen molar-refractivity contribution < 1.29 is 13.7 Å². The first-order valence-corrected chi connectivity index (χ1v) is 17.3. The maximum absolute atomic E-state index is 8.86. The monoisotopic (exact) mass is 683 g/mol. The predicted molar refractivity (Wildman–Crippen MR) is 215 cm³/mol. The molecule has 1 aromatic heterocycles. The van der Waals surface area contributed by atoms with Gasteiger partial charge in [0.05, 0.1) is 19.1 Å². The van der Waals surface area contributed by atoms with Crippen LogP contribution in [0.3, 0.4) is 0 Å². The zero-order chi connectivity index (χ0) is 43.6. The summed E-state index contributed by atoms with van der Waals surface area (Å²) in [4.78, 5) is 14.2. The third kappa shape index (κ3) is 4.31. The van der Waals surface area contributed by atoms with E-state index in [1.807, 2.05) is 36.4 Å². The van der Waals surface area contributed by atoms with Crippen LogP contribution in [-0.2, 0) is 5.41 Å². The van der Waals surface area contributed by atoms with Gasteiger partial charge in [-0.15, -0.1) is 0 Å². The Morgan fingerprint density at radius 2 is 0.887 bits per heavy atom. The van der Waals surface area contributed by atoms with E-state index in [1.165, 1.54) is 0 Å². The van der Waals surface area contributed by atoms with Crippen LogP contribution in [0.15, 0.2) is 188 Å². The van der Waals surface area contributed by atoms with Crippen molar-refractivity contribution in [2.45, 2.75) is 5.41 Å². The number of hydrogen-bond donors (Lipinski definition) is 0. The lowest BCUT2D eigenvalue weighted by molar-refractivity contribution is 0.776. The highest BCUT2D eigenvalue weighted by Gasteiger charge is 2.50. The molecule has 53 heavy (non-hydrogen) atoms. The second-order valence-electron chi connectivity index (χ2n) is 13.2. The average molecular weight is 684 g/mol. The Morgan fingerprint density at radius 1 is 0.377 bits per heavy atom. The Hall–Kier alpha value is -6.97. The van der Waals surface area contributed by atoms with Crippen molar-refractivity contribution in [2.75, 3.05) is 0 Å². The van der Waals surface area contributed by atoms with Crippen LogP contribution >= 0.6 is 0 Å². The van der Waals surface area contributed by atoms with Gasteiger partial charge >= 0.3 is 0 Å². The van der Waals surface area contributed by atoms with E-state index in [0.717, 1.165) is 66.4 Å². The predicted octanol–water partition coefficient (Wildman–Crippen LogP) is 12.0. The summed E-state index contributed by atoms with van der Waals surface area (Å²) in [5, 5.41) is 2.22. The molecule has 1 unspecified atom stereocenters. The lowest BCUT2D eigenvalue weighted by Gasteiger charge is -2.35. The number of aromatic nitrogens is 3. The summed E-state index contributed by atoms with van der Waals surface area (Å²) in [6.45, 7) is 0. The maximum atomic E-state index is 8.86. The third-order valence-corrected chi connectivity index (χ3v) is 10.5. The van der Waals surface area contributed by atoms with Crippen LogP contribution in [0.5, 0.6) is 0 Å². The van der Waals surface area contributed by atoms with Gasteiger partial charge in [-0.05, 0) is 72.5 Å². The summed E-state index contributed by atoms with van der Waals surface area (Å²) in [5.41, 5.74) is 9.32. The van der Waals surface area contributed by atoms with Crippen LogP contribution in [0.4, 0.5) is 0 Å². The number of fused-ring (bicyclic) bond motifs is 14. The largest absolute Gasteiger partial charge is 0.208 e. The van der Waals surface area contributed by atoms with Crippen molar-refractivity contribution in [1.82, 2.24) is 15.0 Å². The molecule has 3 heteroatoms. The van der Waals surface area contributed by atoms with Gasteiger partial charge in [-0.3, -0.25) is 0 Å². The van der Waals surface area contributed by atoms with Crippen LogP contribution in [-0.4, -0.2) is 15.0 Å². The van der Waals surface area contributed by atoms with Crippen LogP contribution in [0.2, 0.25) is 0 Å². The van der Waals surface area contributed by atoms with Crippen LogP contribution < -0.4 is 0 Å². The van der Waals surface area contributed by atoms with E-state index < -0.39 is 65.8 Å². The molecule has 0 saturated carbocycles. The molecule has 0 radical (unpaired) electrons. The lowest BCUT2D eigenvalue weighted by Crippen LogP contribution is -2.29. The van der Waals surface area contributed by atoms with Gasteiger partial charge in [0, 0.05) is 16.7 Å². The normalized spacial score (nSPS) is 17.5. The first-order chi connectivity index (χ1) is 30.4. The number of nitrogens with zero attached hydrogens (tertiary/aromatic N) is 3. The van der Waals surface area contributed by atoms with Gasteiger partial charge in [-0.2, -0.15) is 0 Å². The smallest absolute Gasteiger partial charge is 0.164 e. The minimum atomic E-state index is -0.907. The summed E-state index contributed by atoms with van der Waals surface area (Å²) in [5.74, 6) is -0.633. The molecule has 11 rings (SSSR count). The molecule has 3 nitrogen and oxygen atoms in total. The highest BCUT2D eigenvalue weighted by molar-refractivity contribution is 6.06. The molecular weight excluding hydrogens is 643 g/mol. The standard InChI is InChI=1S/C50H31N3/c1-3-16-33(17-4-1)47-51-48(34-18-5-2-6-19-34)53-49(52-47)35-27-29-40-38-22-10-9-21-37(38)39-23-11-13-25-42(39)50(45(40)31-35)43-26-14-12-24-41(43)46-36-20-8-7-15-32(36)28-30-44(46)50/h1-31H/i1D,2D,3D,4D,5D,6D,16D,17D,18D,19D. The topological polar surface area (TPSA) is 38.7 Å². The Kier molecular flexibility index (Phi) is 4.66. The van der Waals surface area contributed by atoms with Gasteiger partial charge in [0.2, 0.25) is 0 Å². The molecule has 0 fully saturated rings. The van der Waals surface area contributed by atoms with Gasteiger partial charge < -0.3 is 0 Å². The number of rotatable bonds is 3. The summed E-state index contributed by atoms with van der Waals surface area (Å²) in [6, 6.07) is 38.0. The molecule has 0 saturated heterocycles. The van der Waals surface area contributed by atoms with Crippen LogP contribution in [0.1, 0.15) is 36.0 Å². The summed E-state index contributed by atoms with van der Waals surface area (Å²) < 4.78 is 85.8. The summed E-state index contributed by atoms with van der Waals surface area (Å²) >= 11 is 0.